The summed E-state index contributed by atoms with van der Waals surface area (Å²) < 4.78 is 0. The van der Waals surface area contributed by atoms with Crippen molar-refractivity contribution in [3.8, 4) is 0 Å². The van der Waals surface area contributed by atoms with Gasteiger partial charge < -0.3 is 10.2 Å². The maximum Gasteiger partial charge on any atom is 0.306 e. The number of carboxylic acid groups (broad SMARTS) is 2. The average molecular weight is 214 g/mol. The Morgan fingerprint density at radius 3 is 2.27 bits per heavy atom. The average Bonchev–Trinajstić information content (AvgIpc) is 2.15. The molecule has 0 fully saturated rings. The van der Waals surface area contributed by atoms with Crippen LogP contribution in [0.5, 0.6) is 0 Å². The van der Waals surface area contributed by atoms with Crippen LogP contribution in [-0.4, -0.2) is 22.2 Å². The van der Waals surface area contributed by atoms with Crippen LogP contribution in [0.2, 0.25) is 0 Å². The fraction of sp³-hybridized carbons (Fsp3) is 0.636. The van der Waals surface area contributed by atoms with Crippen molar-refractivity contribution in [2.24, 2.45) is 5.92 Å². The van der Waals surface area contributed by atoms with Crippen molar-refractivity contribution in [3.63, 3.8) is 0 Å². The molecule has 0 aromatic carbocycles. The smallest absolute Gasteiger partial charge is 0.306 e. The van der Waals surface area contributed by atoms with Crippen molar-refractivity contribution in [1.82, 2.24) is 0 Å². The molecule has 86 valence electrons. The van der Waals surface area contributed by atoms with Gasteiger partial charge in [-0.05, 0) is 32.1 Å². The fourth-order valence-electron chi connectivity index (χ4n) is 1.40. The van der Waals surface area contributed by atoms with Crippen molar-refractivity contribution in [2.45, 2.75) is 38.5 Å². The third-order valence-electron chi connectivity index (χ3n) is 2.25. The van der Waals surface area contributed by atoms with E-state index >= 15 is 0 Å². The maximum absolute atomic E-state index is 10.8. The molecule has 2 N–H and O–H groups in total. The van der Waals surface area contributed by atoms with Gasteiger partial charge in [0, 0.05) is 6.42 Å². The Morgan fingerprint density at radius 2 is 1.80 bits per heavy atom. The zero-order valence-corrected chi connectivity index (χ0v) is 8.82. The number of hydrogen-bond donors (Lipinski definition) is 2. The summed E-state index contributed by atoms with van der Waals surface area (Å²) in [5, 5.41) is 17.3. The molecule has 0 aromatic heterocycles. The Bertz CT molecular complexity index is 223. The first-order chi connectivity index (χ1) is 7.07. The Balaban J connectivity index is 3.78. The van der Waals surface area contributed by atoms with Crippen LogP contribution in [0.4, 0.5) is 0 Å². The van der Waals surface area contributed by atoms with E-state index in [4.69, 9.17) is 10.2 Å². The second-order valence-electron chi connectivity index (χ2n) is 3.54. The predicted molar refractivity (Wildman–Crippen MR) is 56.7 cm³/mol. The molecule has 0 saturated heterocycles. The van der Waals surface area contributed by atoms with Crippen molar-refractivity contribution in [1.29, 1.82) is 0 Å². The molecule has 0 rings (SSSR count). The minimum Gasteiger partial charge on any atom is -0.481 e. The molecule has 0 aliphatic heterocycles. The molecular formula is C11H18O4. The minimum atomic E-state index is -0.870. The van der Waals surface area contributed by atoms with Crippen molar-refractivity contribution in [2.75, 3.05) is 0 Å². The number of carbonyl (C=O) groups is 2. The molecule has 0 spiro atoms. The summed E-state index contributed by atoms with van der Waals surface area (Å²) in [7, 11) is 0. The van der Waals surface area contributed by atoms with Gasteiger partial charge in [-0.2, -0.15) is 0 Å². The standard InChI is InChI=1S/C11H18O4/c1-2-3-4-6-9(11(14)15)7-5-8-10(12)13/h2,9H,1,3-8H2,(H,12,13)(H,14,15)/t9-/m0/s1. The van der Waals surface area contributed by atoms with Gasteiger partial charge in [0.15, 0.2) is 0 Å². The lowest BCUT2D eigenvalue weighted by Gasteiger charge is -2.10. The van der Waals surface area contributed by atoms with Gasteiger partial charge in [0.05, 0.1) is 5.92 Å². The highest BCUT2D eigenvalue weighted by Gasteiger charge is 2.16. The molecule has 0 aliphatic carbocycles. The Labute approximate surface area is 89.6 Å². The number of rotatable bonds is 9. The molecule has 1 atom stereocenters. The van der Waals surface area contributed by atoms with E-state index < -0.39 is 17.9 Å². The van der Waals surface area contributed by atoms with Gasteiger partial charge in [-0.25, -0.2) is 0 Å². The first-order valence-electron chi connectivity index (χ1n) is 5.13. The van der Waals surface area contributed by atoms with Crippen LogP contribution in [0.25, 0.3) is 0 Å². The van der Waals surface area contributed by atoms with E-state index in [2.05, 4.69) is 6.58 Å². The molecule has 0 aliphatic rings. The van der Waals surface area contributed by atoms with Gasteiger partial charge in [-0.3, -0.25) is 9.59 Å². The predicted octanol–water partition coefficient (Wildman–Crippen LogP) is 2.30. The van der Waals surface area contributed by atoms with E-state index in [9.17, 15) is 9.59 Å². The molecule has 4 nitrogen and oxygen atoms in total. The molecule has 0 bridgehead atoms. The molecular weight excluding hydrogens is 196 g/mol. The number of hydrogen-bond acceptors (Lipinski definition) is 2. The second kappa shape index (κ2) is 8.03. The van der Waals surface area contributed by atoms with Crippen LogP contribution < -0.4 is 0 Å². The molecule has 15 heavy (non-hydrogen) atoms. The number of carboxylic acids is 2. The topological polar surface area (TPSA) is 74.6 Å². The minimum absolute atomic E-state index is 0.0469. The molecule has 0 saturated carbocycles. The zero-order valence-electron chi connectivity index (χ0n) is 8.82. The van der Waals surface area contributed by atoms with Crippen molar-refractivity contribution >= 4 is 11.9 Å². The number of unbranched alkanes of at least 4 members (excludes halogenated alkanes) is 1. The third kappa shape index (κ3) is 7.73. The Morgan fingerprint density at radius 1 is 1.20 bits per heavy atom. The lowest BCUT2D eigenvalue weighted by atomic mass is 9.96. The van der Waals surface area contributed by atoms with Crippen molar-refractivity contribution in [3.05, 3.63) is 12.7 Å². The first kappa shape index (κ1) is 13.7. The zero-order chi connectivity index (χ0) is 11.7. The summed E-state index contributed by atoms with van der Waals surface area (Å²) in [4.78, 5) is 21.0. The van der Waals surface area contributed by atoms with Crippen LogP contribution in [0, 0.1) is 5.92 Å². The molecule has 0 heterocycles. The molecule has 0 unspecified atom stereocenters. The summed E-state index contributed by atoms with van der Waals surface area (Å²) >= 11 is 0. The molecule has 0 aromatic rings. The third-order valence-corrected chi connectivity index (χ3v) is 2.25. The van der Waals surface area contributed by atoms with Gasteiger partial charge in [0.1, 0.15) is 0 Å². The van der Waals surface area contributed by atoms with E-state index in [1.165, 1.54) is 0 Å². The maximum atomic E-state index is 10.8. The summed E-state index contributed by atoms with van der Waals surface area (Å²) in [6.07, 6.45) is 4.89. The van der Waals surface area contributed by atoms with E-state index in [-0.39, 0.29) is 6.42 Å². The largest absolute Gasteiger partial charge is 0.481 e. The van der Waals surface area contributed by atoms with Crippen molar-refractivity contribution < 1.29 is 19.8 Å². The van der Waals surface area contributed by atoms with Crippen LogP contribution in [0.15, 0.2) is 12.7 Å². The van der Waals surface area contributed by atoms with E-state index in [0.29, 0.717) is 19.3 Å². The van der Waals surface area contributed by atoms with Gasteiger partial charge in [0.25, 0.3) is 0 Å². The van der Waals surface area contributed by atoms with Gasteiger partial charge in [-0.15, -0.1) is 6.58 Å². The Hall–Kier alpha value is -1.32. The molecule has 0 amide bonds. The lowest BCUT2D eigenvalue weighted by Crippen LogP contribution is -2.14. The van der Waals surface area contributed by atoms with Crippen LogP contribution in [-0.2, 0) is 9.59 Å². The van der Waals surface area contributed by atoms with Crippen LogP contribution in [0.3, 0.4) is 0 Å². The van der Waals surface area contributed by atoms with Gasteiger partial charge in [-0.1, -0.05) is 6.08 Å². The van der Waals surface area contributed by atoms with Gasteiger partial charge >= 0.3 is 11.9 Å². The summed E-state index contributed by atoms with van der Waals surface area (Å²) in [6.45, 7) is 3.56. The van der Waals surface area contributed by atoms with E-state index in [1.807, 2.05) is 0 Å². The normalized spacial score (nSPS) is 12.0. The summed E-state index contributed by atoms with van der Waals surface area (Å²) in [5.74, 6) is -2.11. The van der Waals surface area contributed by atoms with E-state index in [0.717, 1.165) is 12.8 Å². The molecule has 0 radical (unpaired) electrons. The number of allylic oxidation sites excluding steroid dienone is 1. The highest BCUT2D eigenvalue weighted by molar-refractivity contribution is 5.70. The SMILES string of the molecule is C=CCCC[C@@H](CCCC(=O)O)C(=O)O. The van der Waals surface area contributed by atoms with Crippen LogP contribution in [0.1, 0.15) is 38.5 Å². The van der Waals surface area contributed by atoms with Crippen LogP contribution >= 0.6 is 0 Å². The highest BCUT2D eigenvalue weighted by atomic mass is 16.4. The second-order valence-corrected chi connectivity index (χ2v) is 3.54. The Kier molecular flexibility index (Phi) is 7.32. The lowest BCUT2D eigenvalue weighted by molar-refractivity contribution is -0.143. The first-order valence-corrected chi connectivity index (χ1v) is 5.13. The monoisotopic (exact) mass is 214 g/mol. The van der Waals surface area contributed by atoms with E-state index in [1.54, 1.807) is 6.08 Å². The quantitative estimate of drug-likeness (QED) is 0.456. The number of aliphatic carboxylic acids is 2. The van der Waals surface area contributed by atoms with Gasteiger partial charge in [0.2, 0.25) is 0 Å². The summed E-state index contributed by atoms with van der Waals surface area (Å²) in [6, 6.07) is 0. The highest BCUT2D eigenvalue weighted by Crippen LogP contribution is 2.16. The molecule has 4 heteroatoms. The summed E-state index contributed by atoms with van der Waals surface area (Å²) in [5.41, 5.74) is 0. The fourth-order valence-corrected chi connectivity index (χ4v) is 1.40.